The lowest BCUT2D eigenvalue weighted by molar-refractivity contribution is -0.113. The second-order valence-electron chi connectivity index (χ2n) is 8.19. The summed E-state index contributed by atoms with van der Waals surface area (Å²) in [7, 11) is 3.10. The summed E-state index contributed by atoms with van der Waals surface area (Å²) in [5.41, 5.74) is 1.01. The minimum Gasteiger partial charge on any atom is -0.497 e. The zero-order chi connectivity index (χ0) is 26.2. The van der Waals surface area contributed by atoms with Crippen molar-refractivity contribution in [2.75, 3.05) is 25.3 Å². The number of nitrogens with one attached hydrogen (secondary N) is 2. The van der Waals surface area contributed by atoms with Gasteiger partial charge in [0.05, 0.1) is 31.7 Å². The molecule has 0 aliphatic heterocycles. The number of benzene rings is 2. The van der Waals surface area contributed by atoms with Crippen LogP contribution in [0.2, 0.25) is 5.02 Å². The van der Waals surface area contributed by atoms with Crippen molar-refractivity contribution in [3.8, 4) is 11.5 Å². The number of thioether (sulfide) groups is 1. The first-order valence-corrected chi connectivity index (χ1v) is 12.8. The van der Waals surface area contributed by atoms with Crippen LogP contribution in [0.15, 0.2) is 47.6 Å². The molecule has 0 spiro atoms. The van der Waals surface area contributed by atoms with Gasteiger partial charge < -0.3 is 24.7 Å². The van der Waals surface area contributed by atoms with Gasteiger partial charge in [0.25, 0.3) is 5.91 Å². The molecule has 0 bridgehead atoms. The summed E-state index contributed by atoms with van der Waals surface area (Å²) in [6, 6.07) is 11.6. The van der Waals surface area contributed by atoms with Crippen molar-refractivity contribution in [2.45, 2.75) is 38.5 Å². The van der Waals surface area contributed by atoms with Gasteiger partial charge >= 0.3 is 0 Å². The molecule has 0 fully saturated rings. The highest BCUT2D eigenvalue weighted by Crippen LogP contribution is 2.29. The standard InChI is InChI=1S/C25H30ClN5O4S/c1-6-31-23(22(15(2)3)28-24(33)16-7-10-18(34-4)11-8-16)29-30-25(31)36-14-21(32)27-19-13-17(26)9-12-20(19)35-5/h7-13,15,22H,6,14H2,1-5H3,(H,27,32)(H,28,33)/t22-/m1/s1. The second-order valence-corrected chi connectivity index (χ2v) is 9.57. The van der Waals surface area contributed by atoms with E-state index in [1.807, 2.05) is 25.3 Å². The Labute approximate surface area is 219 Å². The van der Waals surface area contributed by atoms with Crippen LogP contribution in [0.5, 0.6) is 11.5 Å². The Balaban J connectivity index is 1.71. The van der Waals surface area contributed by atoms with Crippen molar-refractivity contribution in [3.05, 3.63) is 58.9 Å². The third kappa shape index (κ3) is 6.70. The van der Waals surface area contributed by atoms with Gasteiger partial charge in [0, 0.05) is 17.1 Å². The van der Waals surface area contributed by atoms with Crippen LogP contribution >= 0.6 is 23.4 Å². The molecule has 2 aromatic carbocycles. The number of carbonyl (C=O) groups is 2. The van der Waals surface area contributed by atoms with Crippen molar-refractivity contribution >= 4 is 40.9 Å². The van der Waals surface area contributed by atoms with Crippen LogP contribution in [-0.2, 0) is 11.3 Å². The predicted octanol–water partition coefficient (Wildman–Crippen LogP) is 4.83. The Morgan fingerprint density at radius 2 is 1.81 bits per heavy atom. The van der Waals surface area contributed by atoms with Crippen molar-refractivity contribution in [3.63, 3.8) is 0 Å². The van der Waals surface area contributed by atoms with Crippen LogP contribution in [0.25, 0.3) is 0 Å². The van der Waals surface area contributed by atoms with E-state index in [0.717, 1.165) is 0 Å². The molecule has 1 atom stereocenters. The number of amides is 2. The van der Waals surface area contributed by atoms with E-state index in [2.05, 4.69) is 20.8 Å². The molecule has 11 heteroatoms. The highest BCUT2D eigenvalue weighted by Gasteiger charge is 2.26. The molecule has 2 N–H and O–H groups in total. The SMILES string of the molecule is CCn1c(SCC(=O)Nc2cc(Cl)ccc2OC)nnc1[C@H](NC(=O)c1ccc(OC)cc1)C(C)C. The molecule has 0 aliphatic carbocycles. The molecule has 1 aromatic heterocycles. The zero-order valence-electron chi connectivity index (χ0n) is 20.9. The molecule has 0 unspecified atom stereocenters. The number of ether oxygens (including phenoxy) is 2. The highest BCUT2D eigenvalue weighted by atomic mass is 35.5. The number of anilines is 1. The summed E-state index contributed by atoms with van der Waals surface area (Å²) in [6.45, 7) is 6.56. The van der Waals surface area contributed by atoms with E-state index in [4.69, 9.17) is 21.1 Å². The maximum absolute atomic E-state index is 12.9. The van der Waals surface area contributed by atoms with Crippen molar-refractivity contribution in [1.29, 1.82) is 0 Å². The Morgan fingerprint density at radius 1 is 1.08 bits per heavy atom. The van der Waals surface area contributed by atoms with Gasteiger partial charge in [-0.2, -0.15) is 0 Å². The van der Waals surface area contributed by atoms with E-state index < -0.39 is 0 Å². The number of hydrogen-bond acceptors (Lipinski definition) is 7. The molecule has 0 aliphatic rings. The summed E-state index contributed by atoms with van der Waals surface area (Å²) in [5, 5.41) is 15.6. The average molecular weight is 532 g/mol. The maximum atomic E-state index is 12.9. The number of aromatic nitrogens is 3. The van der Waals surface area contributed by atoms with E-state index >= 15 is 0 Å². The van der Waals surface area contributed by atoms with E-state index in [1.54, 1.807) is 49.6 Å². The lowest BCUT2D eigenvalue weighted by Crippen LogP contribution is -2.33. The molecule has 3 rings (SSSR count). The number of methoxy groups -OCH3 is 2. The van der Waals surface area contributed by atoms with Crippen LogP contribution < -0.4 is 20.1 Å². The van der Waals surface area contributed by atoms with Crippen LogP contribution in [-0.4, -0.2) is 46.6 Å². The maximum Gasteiger partial charge on any atom is 0.251 e. The number of carbonyl (C=O) groups excluding carboxylic acids is 2. The molecule has 0 radical (unpaired) electrons. The quantitative estimate of drug-likeness (QED) is 0.341. The summed E-state index contributed by atoms with van der Waals surface area (Å²) in [4.78, 5) is 25.5. The van der Waals surface area contributed by atoms with Crippen LogP contribution in [0, 0.1) is 5.92 Å². The fraction of sp³-hybridized carbons (Fsp3) is 0.360. The first kappa shape index (κ1) is 27.3. The Morgan fingerprint density at radius 3 is 2.42 bits per heavy atom. The van der Waals surface area contributed by atoms with Crippen LogP contribution in [0.1, 0.15) is 43.0 Å². The third-order valence-corrected chi connectivity index (χ3v) is 6.62. The molecule has 0 saturated carbocycles. The van der Waals surface area contributed by atoms with Crippen LogP contribution in [0.3, 0.4) is 0 Å². The summed E-state index contributed by atoms with van der Waals surface area (Å²) in [6.07, 6.45) is 0. The molecule has 192 valence electrons. The average Bonchev–Trinajstić information content (AvgIpc) is 3.28. The summed E-state index contributed by atoms with van der Waals surface area (Å²) in [5.74, 6) is 1.54. The molecule has 3 aromatic rings. The normalized spacial score (nSPS) is 11.8. The van der Waals surface area contributed by atoms with E-state index in [1.165, 1.54) is 18.9 Å². The Bertz CT molecular complexity index is 1200. The van der Waals surface area contributed by atoms with E-state index in [0.29, 0.717) is 45.3 Å². The number of hydrogen-bond donors (Lipinski definition) is 2. The highest BCUT2D eigenvalue weighted by molar-refractivity contribution is 7.99. The minimum atomic E-state index is -0.369. The molecule has 9 nitrogen and oxygen atoms in total. The molecule has 2 amide bonds. The monoisotopic (exact) mass is 531 g/mol. The first-order valence-electron chi connectivity index (χ1n) is 11.4. The van der Waals surface area contributed by atoms with E-state index in [9.17, 15) is 9.59 Å². The smallest absolute Gasteiger partial charge is 0.251 e. The lowest BCUT2D eigenvalue weighted by Gasteiger charge is -2.22. The number of nitrogens with zero attached hydrogens (tertiary/aromatic N) is 3. The fourth-order valence-electron chi connectivity index (χ4n) is 3.52. The van der Waals surface area contributed by atoms with Gasteiger partial charge in [-0.05, 0) is 55.3 Å². The second kappa shape index (κ2) is 12.6. The van der Waals surface area contributed by atoms with Gasteiger partial charge in [-0.1, -0.05) is 37.2 Å². The van der Waals surface area contributed by atoms with Crippen LogP contribution in [0.4, 0.5) is 5.69 Å². The molecular formula is C25H30ClN5O4S. The lowest BCUT2D eigenvalue weighted by atomic mass is 10.0. The number of rotatable bonds is 11. The van der Waals surface area contributed by atoms with Crippen molar-refractivity contribution in [2.24, 2.45) is 5.92 Å². The minimum absolute atomic E-state index is 0.0538. The van der Waals surface area contributed by atoms with Gasteiger partial charge in [0.15, 0.2) is 11.0 Å². The summed E-state index contributed by atoms with van der Waals surface area (Å²) >= 11 is 7.31. The Hall–Kier alpha value is -3.24. The van der Waals surface area contributed by atoms with Gasteiger partial charge in [0.1, 0.15) is 11.5 Å². The molecular weight excluding hydrogens is 502 g/mol. The topological polar surface area (TPSA) is 107 Å². The van der Waals surface area contributed by atoms with Crippen molar-refractivity contribution < 1.29 is 19.1 Å². The molecule has 1 heterocycles. The largest absolute Gasteiger partial charge is 0.497 e. The zero-order valence-corrected chi connectivity index (χ0v) is 22.4. The first-order chi connectivity index (χ1) is 17.3. The predicted molar refractivity (Wildman–Crippen MR) is 141 cm³/mol. The van der Waals surface area contributed by atoms with E-state index in [-0.39, 0.29) is 29.5 Å². The summed E-state index contributed by atoms with van der Waals surface area (Å²) < 4.78 is 12.4. The fourth-order valence-corrected chi connectivity index (χ4v) is 4.51. The van der Waals surface area contributed by atoms with Gasteiger partial charge in [0.2, 0.25) is 5.91 Å². The molecule has 0 saturated heterocycles. The Kier molecular flexibility index (Phi) is 9.60. The molecule has 36 heavy (non-hydrogen) atoms. The van der Waals surface area contributed by atoms with Crippen molar-refractivity contribution in [1.82, 2.24) is 20.1 Å². The third-order valence-electron chi connectivity index (χ3n) is 5.41. The van der Waals surface area contributed by atoms with Gasteiger partial charge in [-0.15, -0.1) is 10.2 Å². The number of halogens is 1. The van der Waals surface area contributed by atoms with Gasteiger partial charge in [-0.3, -0.25) is 9.59 Å². The van der Waals surface area contributed by atoms with Gasteiger partial charge in [-0.25, -0.2) is 0 Å².